The number of carbonyl (C=O) groups excluding carboxylic acids is 1. The summed E-state index contributed by atoms with van der Waals surface area (Å²) in [5.41, 5.74) is 1.17. The molecule has 3 rings (SSSR count). The van der Waals surface area contributed by atoms with Crippen LogP contribution in [0.25, 0.3) is 6.08 Å². The first kappa shape index (κ1) is 22.6. The van der Waals surface area contributed by atoms with E-state index in [-0.39, 0.29) is 23.1 Å². The third kappa shape index (κ3) is 3.93. The van der Waals surface area contributed by atoms with Gasteiger partial charge in [-0.2, -0.15) is 5.26 Å². The largest absolute Gasteiger partial charge is 0.357 e. The number of thioether (sulfide) groups is 1. The molecule has 2 aliphatic heterocycles. The molecule has 2 aliphatic rings. The summed E-state index contributed by atoms with van der Waals surface area (Å²) in [6, 6.07) is 2.03. The number of aromatic nitrogens is 1. The molecule has 1 amide bonds. The van der Waals surface area contributed by atoms with Gasteiger partial charge in [0.2, 0.25) is 0 Å². The molecule has 30 heavy (non-hydrogen) atoms. The van der Waals surface area contributed by atoms with Crippen LogP contribution in [0, 0.1) is 30.1 Å². The van der Waals surface area contributed by atoms with E-state index >= 15 is 0 Å². The minimum atomic E-state index is -0.303. The standard InChI is InChI=1S/C22H28N4O2S2/c1-12(2)26-21(28)18(30-22(26)29)8-16-15(5)17(9-23)20(27)24(6)19(16)25-10-13(3)7-14(4)11-25/h8,12-14H,7,10-11H2,1-6H3/b18-8+. The average Bonchev–Trinajstić information content (AvgIpc) is 2.93. The van der Waals surface area contributed by atoms with E-state index in [1.54, 1.807) is 23.4 Å². The lowest BCUT2D eigenvalue weighted by Gasteiger charge is -2.38. The number of carbonyl (C=O) groups is 1. The highest BCUT2D eigenvalue weighted by atomic mass is 32.2. The van der Waals surface area contributed by atoms with Crippen LogP contribution < -0.4 is 10.5 Å². The second-order valence-corrected chi connectivity index (χ2v) is 10.4. The van der Waals surface area contributed by atoms with Crippen LogP contribution in [0.3, 0.4) is 0 Å². The van der Waals surface area contributed by atoms with Crippen molar-refractivity contribution in [3.63, 3.8) is 0 Å². The average molecular weight is 445 g/mol. The molecule has 2 unspecified atom stereocenters. The third-order valence-corrected chi connectivity index (χ3v) is 7.08. The molecule has 0 aliphatic carbocycles. The summed E-state index contributed by atoms with van der Waals surface area (Å²) in [4.78, 5) is 30.2. The highest BCUT2D eigenvalue weighted by molar-refractivity contribution is 8.26. The first-order valence-electron chi connectivity index (χ1n) is 10.2. The van der Waals surface area contributed by atoms with E-state index < -0.39 is 0 Å². The zero-order chi connectivity index (χ0) is 22.3. The molecule has 2 saturated heterocycles. The van der Waals surface area contributed by atoms with Crippen LogP contribution in [0.2, 0.25) is 0 Å². The van der Waals surface area contributed by atoms with Gasteiger partial charge in [-0.05, 0) is 50.7 Å². The second kappa shape index (κ2) is 8.56. The predicted octanol–water partition coefficient (Wildman–Crippen LogP) is 3.66. The fraction of sp³-hybridized carbons (Fsp3) is 0.545. The Balaban J connectivity index is 2.22. The molecule has 8 heteroatoms. The first-order chi connectivity index (χ1) is 14.1. The Bertz CT molecular complexity index is 1030. The van der Waals surface area contributed by atoms with Crippen molar-refractivity contribution in [1.29, 1.82) is 5.26 Å². The third-order valence-electron chi connectivity index (χ3n) is 5.75. The molecule has 160 valence electrons. The number of nitrogens with zero attached hydrogens (tertiary/aromatic N) is 4. The van der Waals surface area contributed by atoms with E-state index in [1.807, 2.05) is 19.9 Å². The Kier molecular flexibility index (Phi) is 6.44. The molecule has 3 heterocycles. The highest BCUT2D eigenvalue weighted by Gasteiger charge is 2.35. The van der Waals surface area contributed by atoms with Gasteiger partial charge in [0.15, 0.2) is 0 Å². The number of amides is 1. The number of anilines is 1. The molecule has 0 bridgehead atoms. The van der Waals surface area contributed by atoms with E-state index in [1.165, 1.54) is 11.8 Å². The summed E-state index contributed by atoms with van der Waals surface area (Å²) in [5.74, 6) is 1.63. The van der Waals surface area contributed by atoms with Crippen LogP contribution in [0.4, 0.5) is 5.82 Å². The van der Waals surface area contributed by atoms with Crippen molar-refractivity contribution in [1.82, 2.24) is 9.47 Å². The molecular formula is C22H28N4O2S2. The van der Waals surface area contributed by atoms with Gasteiger partial charge in [-0.1, -0.05) is 37.8 Å². The summed E-state index contributed by atoms with van der Waals surface area (Å²) < 4.78 is 2.09. The molecule has 0 radical (unpaired) electrons. The molecule has 2 atom stereocenters. The van der Waals surface area contributed by atoms with Crippen molar-refractivity contribution < 1.29 is 4.79 Å². The van der Waals surface area contributed by atoms with Gasteiger partial charge in [-0.3, -0.25) is 19.1 Å². The summed E-state index contributed by atoms with van der Waals surface area (Å²) >= 11 is 6.69. The number of nitriles is 1. The molecule has 6 nitrogen and oxygen atoms in total. The van der Waals surface area contributed by atoms with Crippen molar-refractivity contribution in [3.05, 3.63) is 31.9 Å². The molecule has 1 aromatic heterocycles. The lowest BCUT2D eigenvalue weighted by Crippen LogP contribution is -2.42. The Hall–Kier alpha value is -2.11. The zero-order valence-electron chi connectivity index (χ0n) is 18.4. The number of rotatable bonds is 3. The maximum atomic E-state index is 13.0. The second-order valence-electron chi connectivity index (χ2n) is 8.71. The number of pyridine rings is 1. The fourth-order valence-electron chi connectivity index (χ4n) is 4.49. The smallest absolute Gasteiger partial charge is 0.270 e. The van der Waals surface area contributed by atoms with Crippen molar-refractivity contribution in [2.75, 3.05) is 18.0 Å². The first-order valence-corrected chi connectivity index (χ1v) is 11.4. The number of hydrogen-bond donors (Lipinski definition) is 0. The van der Waals surface area contributed by atoms with E-state index in [0.29, 0.717) is 26.6 Å². The minimum absolute atomic E-state index is 0.0254. The van der Waals surface area contributed by atoms with Gasteiger partial charge in [0, 0.05) is 31.7 Å². The molecule has 0 N–H and O–H groups in total. The molecule has 0 saturated carbocycles. The molecular weight excluding hydrogens is 416 g/mol. The molecule has 2 fully saturated rings. The van der Waals surface area contributed by atoms with Gasteiger partial charge in [-0.25, -0.2) is 0 Å². The monoisotopic (exact) mass is 444 g/mol. The summed E-state index contributed by atoms with van der Waals surface area (Å²) in [6.07, 6.45) is 2.96. The van der Waals surface area contributed by atoms with Gasteiger partial charge in [0.1, 0.15) is 21.8 Å². The van der Waals surface area contributed by atoms with Crippen LogP contribution in [-0.4, -0.2) is 38.8 Å². The normalized spacial score (nSPS) is 23.6. The summed E-state index contributed by atoms with van der Waals surface area (Å²) in [7, 11) is 1.71. The van der Waals surface area contributed by atoms with Crippen molar-refractivity contribution in [2.24, 2.45) is 18.9 Å². The summed E-state index contributed by atoms with van der Waals surface area (Å²) in [6.45, 7) is 11.7. The fourth-order valence-corrected chi connectivity index (χ4v) is 5.99. The molecule has 0 spiro atoms. The van der Waals surface area contributed by atoms with Crippen LogP contribution >= 0.6 is 24.0 Å². The van der Waals surface area contributed by atoms with Crippen molar-refractivity contribution in [3.8, 4) is 6.07 Å². The number of thiocarbonyl (C=S) groups is 1. The van der Waals surface area contributed by atoms with E-state index in [9.17, 15) is 14.9 Å². The van der Waals surface area contributed by atoms with Crippen LogP contribution in [0.15, 0.2) is 9.70 Å². The van der Waals surface area contributed by atoms with Crippen LogP contribution in [0.5, 0.6) is 0 Å². The Morgan fingerprint density at radius 2 is 1.83 bits per heavy atom. The Morgan fingerprint density at radius 3 is 2.33 bits per heavy atom. The van der Waals surface area contributed by atoms with E-state index in [0.717, 1.165) is 30.9 Å². The molecule has 0 aromatic carbocycles. The molecule has 1 aromatic rings. The Morgan fingerprint density at radius 1 is 1.23 bits per heavy atom. The SMILES string of the molecule is Cc1c(/C=C2/SC(=S)N(C(C)C)C2=O)c(N2CC(C)CC(C)C2)n(C)c(=O)c1C#N. The highest BCUT2D eigenvalue weighted by Crippen LogP contribution is 2.37. The van der Waals surface area contributed by atoms with Gasteiger partial charge in [0.05, 0.1) is 4.91 Å². The van der Waals surface area contributed by atoms with Gasteiger partial charge >= 0.3 is 0 Å². The van der Waals surface area contributed by atoms with Gasteiger partial charge in [0.25, 0.3) is 11.5 Å². The van der Waals surface area contributed by atoms with Gasteiger partial charge in [-0.15, -0.1) is 0 Å². The quantitative estimate of drug-likeness (QED) is 0.524. The van der Waals surface area contributed by atoms with E-state index in [2.05, 4.69) is 24.8 Å². The van der Waals surface area contributed by atoms with E-state index in [4.69, 9.17) is 12.2 Å². The number of hydrogen-bond acceptors (Lipinski definition) is 6. The van der Waals surface area contributed by atoms with Crippen molar-refractivity contribution >= 4 is 46.1 Å². The minimum Gasteiger partial charge on any atom is -0.357 e. The van der Waals surface area contributed by atoms with Crippen molar-refractivity contribution in [2.45, 2.75) is 47.1 Å². The van der Waals surface area contributed by atoms with Crippen LogP contribution in [0.1, 0.15) is 50.8 Å². The van der Waals surface area contributed by atoms with Gasteiger partial charge < -0.3 is 4.90 Å². The topological polar surface area (TPSA) is 69.3 Å². The number of piperidine rings is 1. The van der Waals surface area contributed by atoms with Crippen LogP contribution in [-0.2, 0) is 11.8 Å². The predicted molar refractivity (Wildman–Crippen MR) is 126 cm³/mol. The summed E-state index contributed by atoms with van der Waals surface area (Å²) in [5, 5.41) is 9.60. The lowest BCUT2D eigenvalue weighted by molar-refractivity contribution is -0.123. The Labute approximate surface area is 187 Å². The maximum absolute atomic E-state index is 13.0. The zero-order valence-corrected chi connectivity index (χ0v) is 20.0. The lowest BCUT2D eigenvalue weighted by atomic mass is 9.91. The maximum Gasteiger partial charge on any atom is 0.270 e.